The Balaban J connectivity index is 3.04. The Hall–Kier alpha value is -2.30. The molecule has 3 N–H and O–H groups in total. The van der Waals surface area contributed by atoms with Crippen LogP contribution in [0.4, 0.5) is 5.69 Å². The van der Waals surface area contributed by atoms with Crippen molar-refractivity contribution >= 4 is 23.7 Å². The molecule has 0 unspecified atom stereocenters. The molecule has 0 amide bonds. The van der Waals surface area contributed by atoms with Crippen molar-refractivity contribution < 1.29 is 19.4 Å². The summed E-state index contributed by atoms with van der Waals surface area (Å²) in [6, 6.07) is 6.79. The van der Waals surface area contributed by atoms with E-state index >= 15 is 0 Å². The number of carboxylic acids is 1. The highest BCUT2D eigenvalue weighted by molar-refractivity contribution is 5.97. The molecule has 1 aromatic carbocycles. The number of rotatable bonds is 4. The second kappa shape index (κ2) is 5.69. The van der Waals surface area contributed by atoms with Crippen molar-refractivity contribution in [1.82, 2.24) is 0 Å². The Bertz CT molecular complexity index is 465. The first-order valence-corrected chi connectivity index (χ1v) is 4.89. The van der Waals surface area contributed by atoms with Crippen molar-refractivity contribution in [2.75, 3.05) is 12.8 Å². The molecule has 5 heteroatoms. The molecule has 0 saturated heterocycles. The summed E-state index contributed by atoms with van der Waals surface area (Å²) in [4.78, 5) is 22.0. The zero-order chi connectivity index (χ0) is 12.8. The van der Waals surface area contributed by atoms with Gasteiger partial charge in [0.1, 0.15) is 0 Å². The van der Waals surface area contributed by atoms with Crippen LogP contribution in [-0.4, -0.2) is 24.2 Å². The molecule has 1 aromatic rings. The number of methoxy groups -OCH3 is 1. The van der Waals surface area contributed by atoms with Crippen LogP contribution in [0.2, 0.25) is 0 Å². The smallest absolute Gasteiger partial charge is 0.334 e. The number of ether oxygens (including phenoxy) is 1. The van der Waals surface area contributed by atoms with Crippen molar-refractivity contribution in [2.45, 2.75) is 6.42 Å². The van der Waals surface area contributed by atoms with Gasteiger partial charge in [-0.05, 0) is 23.8 Å². The predicted octanol–water partition coefficient (Wildman–Crippen LogP) is 1.30. The Labute approximate surface area is 98.5 Å². The van der Waals surface area contributed by atoms with Gasteiger partial charge < -0.3 is 15.6 Å². The van der Waals surface area contributed by atoms with Gasteiger partial charge in [-0.3, -0.25) is 4.79 Å². The lowest BCUT2D eigenvalue weighted by molar-refractivity contribution is -0.141. The van der Waals surface area contributed by atoms with E-state index in [1.807, 2.05) is 0 Å². The summed E-state index contributed by atoms with van der Waals surface area (Å²) in [5, 5.41) is 8.69. The minimum Gasteiger partial charge on any atom is -0.481 e. The van der Waals surface area contributed by atoms with Crippen LogP contribution in [-0.2, 0) is 14.3 Å². The SMILES string of the molecule is COC(=O)/C(=C/c1cccc(N)c1)CC(=O)O. The van der Waals surface area contributed by atoms with E-state index in [0.717, 1.165) is 0 Å². The van der Waals surface area contributed by atoms with Gasteiger partial charge in [-0.25, -0.2) is 4.79 Å². The Morgan fingerprint density at radius 1 is 1.47 bits per heavy atom. The lowest BCUT2D eigenvalue weighted by Crippen LogP contribution is -2.09. The number of carboxylic acid groups (broad SMARTS) is 1. The van der Waals surface area contributed by atoms with Crippen molar-refractivity contribution in [1.29, 1.82) is 0 Å². The van der Waals surface area contributed by atoms with Gasteiger partial charge in [0.05, 0.1) is 13.5 Å². The number of hydrogen-bond donors (Lipinski definition) is 2. The number of esters is 1. The van der Waals surface area contributed by atoms with Crippen molar-refractivity contribution in [3.63, 3.8) is 0 Å². The number of nitrogen functional groups attached to an aromatic ring is 1. The van der Waals surface area contributed by atoms with Gasteiger partial charge in [-0.15, -0.1) is 0 Å². The summed E-state index contributed by atoms with van der Waals surface area (Å²) in [6.45, 7) is 0. The normalized spacial score (nSPS) is 11.0. The van der Waals surface area contributed by atoms with E-state index in [4.69, 9.17) is 10.8 Å². The fourth-order valence-corrected chi connectivity index (χ4v) is 1.33. The zero-order valence-electron chi connectivity index (χ0n) is 9.34. The highest BCUT2D eigenvalue weighted by atomic mass is 16.5. The van der Waals surface area contributed by atoms with Crippen LogP contribution in [0.5, 0.6) is 0 Å². The summed E-state index contributed by atoms with van der Waals surface area (Å²) in [7, 11) is 1.21. The molecule has 0 saturated carbocycles. The predicted molar refractivity (Wildman–Crippen MR) is 63.1 cm³/mol. The topological polar surface area (TPSA) is 89.6 Å². The molecule has 0 aliphatic carbocycles. The monoisotopic (exact) mass is 235 g/mol. The number of anilines is 1. The van der Waals surface area contributed by atoms with Gasteiger partial charge >= 0.3 is 11.9 Å². The summed E-state index contributed by atoms with van der Waals surface area (Å²) >= 11 is 0. The van der Waals surface area contributed by atoms with Crippen molar-refractivity contribution in [3.8, 4) is 0 Å². The van der Waals surface area contributed by atoms with Gasteiger partial charge in [-0.1, -0.05) is 12.1 Å². The molecule has 0 aliphatic heterocycles. The number of aliphatic carboxylic acids is 1. The van der Waals surface area contributed by atoms with E-state index in [2.05, 4.69) is 4.74 Å². The number of nitrogens with two attached hydrogens (primary N) is 1. The fourth-order valence-electron chi connectivity index (χ4n) is 1.33. The first-order chi connectivity index (χ1) is 8.02. The Morgan fingerprint density at radius 3 is 2.71 bits per heavy atom. The van der Waals surface area contributed by atoms with Gasteiger partial charge in [0.15, 0.2) is 0 Å². The first-order valence-electron chi connectivity index (χ1n) is 4.89. The fraction of sp³-hybridized carbons (Fsp3) is 0.167. The zero-order valence-corrected chi connectivity index (χ0v) is 9.34. The van der Waals surface area contributed by atoms with Gasteiger partial charge in [-0.2, -0.15) is 0 Å². The van der Waals surface area contributed by atoms with Crippen molar-refractivity contribution in [2.24, 2.45) is 0 Å². The minimum absolute atomic E-state index is 0.0746. The second-order valence-corrected chi connectivity index (χ2v) is 3.40. The van der Waals surface area contributed by atoms with Crippen LogP contribution in [0, 0.1) is 0 Å². The lowest BCUT2D eigenvalue weighted by atomic mass is 10.1. The lowest BCUT2D eigenvalue weighted by Gasteiger charge is -2.03. The quantitative estimate of drug-likeness (QED) is 0.466. The summed E-state index contributed by atoms with van der Waals surface area (Å²) in [6.07, 6.45) is 1.07. The summed E-state index contributed by atoms with van der Waals surface area (Å²) < 4.78 is 4.51. The third-order valence-corrected chi connectivity index (χ3v) is 2.04. The Kier molecular flexibility index (Phi) is 4.28. The average molecular weight is 235 g/mol. The maximum absolute atomic E-state index is 11.4. The number of carbonyl (C=O) groups is 2. The number of carbonyl (C=O) groups excluding carboxylic acids is 1. The maximum Gasteiger partial charge on any atom is 0.334 e. The highest BCUT2D eigenvalue weighted by Crippen LogP contribution is 2.14. The third kappa shape index (κ3) is 3.98. The van der Waals surface area contributed by atoms with E-state index in [9.17, 15) is 9.59 Å². The molecule has 0 aliphatic rings. The first kappa shape index (κ1) is 12.8. The van der Waals surface area contributed by atoms with E-state index in [1.165, 1.54) is 13.2 Å². The van der Waals surface area contributed by atoms with E-state index < -0.39 is 11.9 Å². The summed E-state index contributed by atoms with van der Waals surface area (Å²) in [5.74, 6) is -1.75. The molecule has 1 rings (SSSR count). The van der Waals surface area contributed by atoms with Crippen LogP contribution in [0.15, 0.2) is 29.8 Å². The molecular weight excluding hydrogens is 222 g/mol. The van der Waals surface area contributed by atoms with Crippen LogP contribution < -0.4 is 5.73 Å². The van der Waals surface area contributed by atoms with Crippen LogP contribution in [0.3, 0.4) is 0 Å². The number of hydrogen-bond acceptors (Lipinski definition) is 4. The molecule has 0 spiro atoms. The molecule has 0 radical (unpaired) electrons. The van der Waals surface area contributed by atoms with E-state index in [0.29, 0.717) is 11.3 Å². The van der Waals surface area contributed by atoms with Crippen LogP contribution in [0.25, 0.3) is 6.08 Å². The third-order valence-electron chi connectivity index (χ3n) is 2.04. The molecule has 17 heavy (non-hydrogen) atoms. The van der Waals surface area contributed by atoms with Gasteiger partial charge in [0.2, 0.25) is 0 Å². The molecule has 0 fully saturated rings. The molecule has 90 valence electrons. The van der Waals surface area contributed by atoms with Crippen LogP contribution >= 0.6 is 0 Å². The highest BCUT2D eigenvalue weighted by Gasteiger charge is 2.13. The molecule has 0 atom stereocenters. The number of benzene rings is 1. The molecule has 0 bridgehead atoms. The second-order valence-electron chi connectivity index (χ2n) is 3.40. The van der Waals surface area contributed by atoms with Gasteiger partial charge in [0, 0.05) is 11.3 Å². The van der Waals surface area contributed by atoms with Crippen molar-refractivity contribution in [3.05, 3.63) is 35.4 Å². The molecular formula is C12H13NO4. The standard InChI is InChI=1S/C12H13NO4/c1-17-12(16)9(7-11(14)15)5-8-3-2-4-10(13)6-8/h2-6H,7,13H2,1H3,(H,14,15)/b9-5+. The minimum atomic E-state index is -1.09. The largest absolute Gasteiger partial charge is 0.481 e. The van der Waals surface area contributed by atoms with E-state index in [1.54, 1.807) is 24.3 Å². The van der Waals surface area contributed by atoms with Gasteiger partial charge in [0.25, 0.3) is 0 Å². The van der Waals surface area contributed by atoms with E-state index in [-0.39, 0.29) is 12.0 Å². The van der Waals surface area contributed by atoms with Crippen LogP contribution in [0.1, 0.15) is 12.0 Å². The molecule has 0 heterocycles. The molecule has 0 aromatic heterocycles. The average Bonchev–Trinajstić information content (AvgIpc) is 2.26. The maximum atomic E-state index is 11.4. The summed E-state index contributed by atoms with van der Waals surface area (Å²) in [5.41, 5.74) is 6.86. The molecule has 5 nitrogen and oxygen atoms in total. The Morgan fingerprint density at radius 2 is 2.18 bits per heavy atom.